The number of nitrogens with zero attached hydrogens (tertiary/aromatic N) is 4. The lowest BCUT2D eigenvalue weighted by Crippen LogP contribution is -2.53. The van der Waals surface area contributed by atoms with E-state index in [1.165, 1.54) is 7.11 Å². The molecule has 2 aliphatic heterocycles. The predicted molar refractivity (Wildman–Crippen MR) is 184 cm³/mol. The molecule has 1 aromatic heterocycles. The van der Waals surface area contributed by atoms with Crippen molar-refractivity contribution in [2.24, 2.45) is 7.05 Å². The zero-order chi connectivity index (χ0) is 33.9. The van der Waals surface area contributed by atoms with Crippen LogP contribution in [-0.4, -0.2) is 112 Å². The van der Waals surface area contributed by atoms with E-state index in [-0.39, 0.29) is 28.4 Å². The van der Waals surface area contributed by atoms with E-state index in [0.717, 1.165) is 67.6 Å². The van der Waals surface area contributed by atoms with E-state index in [1.54, 1.807) is 12.1 Å². The fraction of sp³-hybridized carbons (Fsp3) is 0.515. The third-order valence-electron chi connectivity index (χ3n) is 8.67. The van der Waals surface area contributed by atoms with E-state index in [9.17, 15) is 18.0 Å². The zero-order valence-corrected chi connectivity index (χ0v) is 29.0. The fourth-order valence-corrected chi connectivity index (χ4v) is 6.69. The van der Waals surface area contributed by atoms with Gasteiger partial charge >= 0.3 is 6.09 Å². The van der Waals surface area contributed by atoms with Crippen LogP contribution in [0.25, 0.3) is 10.9 Å². The van der Waals surface area contributed by atoms with Crippen molar-refractivity contribution in [3.63, 3.8) is 0 Å². The van der Waals surface area contributed by atoms with Crippen molar-refractivity contribution in [3.8, 4) is 11.6 Å². The Kier molecular flexibility index (Phi) is 10.3. The number of para-hydroxylation sites is 1. The molecule has 2 saturated heterocycles. The number of sulfonamides is 1. The molecule has 0 radical (unpaired) electrons. The number of aryl methyl sites for hydroxylation is 1. The molecule has 256 valence electrons. The first-order valence-electron chi connectivity index (χ1n) is 15.9. The van der Waals surface area contributed by atoms with E-state index in [4.69, 9.17) is 9.47 Å². The van der Waals surface area contributed by atoms with Gasteiger partial charge in [0, 0.05) is 77.4 Å². The molecule has 0 atom stereocenters. The van der Waals surface area contributed by atoms with Crippen molar-refractivity contribution in [3.05, 3.63) is 47.5 Å². The van der Waals surface area contributed by atoms with E-state index in [2.05, 4.69) is 31.2 Å². The smallest absolute Gasteiger partial charge is 0.418 e. The summed E-state index contributed by atoms with van der Waals surface area (Å²) in [5.74, 6) is 0.723. The van der Waals surface area contributed by atoms with Crippen molar-refractivity contribution in [1.29, 1.82) is 0 Å². The van der Waals surface area contributed by atoms with Gasteiger partial charge < -0.3 is 24.3 Å². The Balaban J connectivity index is 1.28. The molecule has 2 aromatic carbocycles. The average Bonchev–Trinajstić information content (AvgIpc) is 3.32. The number of fused-ring (bicyclic) bond motifs is 1. The van der Waals surface area contributed by atoms with Gasteiger partial charge in [-0.3, -0.25) is 24.6 Å². The van der Waals surface area contributed by atoms with Crippen molar-refractivity contribution < 1.29 is 27.5 Å². The van der Waals surface area contributed by atoms with Crippen LogP contribution < -0.4 is 24.8 Å². The molecule has 3 heterocycles. The molecular weight excluding hydrogens is 622 g/mol. The Morgan fingerprint density at radius 3 is 2.28 bits per heavy atom. The Hall–Kier alpha value is -3.85. The second kappa shape index (κ2) is 14.1. The number of ether oxygens (including phenoxy) is 2. The molecule has 0 spiro atoms. The monoisotopic (exact) mass is 669 g/mol. The summed E-state index contributed by atoms with van der Waals surface area (Å²) in [5.41, 5.74) is 2.99. The van der Waals surface area contributed by atoms with E-state index in [0.29, 0.717) is 32.1 Å². The zero-order valence-electron chi connectivity index (χ0n) is 28.2. The minimum atomic E-state index is -3.62. The van der Waals surface area contributed by atoms with Crippen molar-refractivity contribution in [2.75, 3.05) is 82.3 Å². The van der Waals surface area contributed by atoms with Crippen LogP contribution in [0.5, 0.6) is 11.6 Å². The van der Waals surface area contributed by atoms with Gasteiger partial charge in [0.15, 0.2) is 5.75 Å². The van der Waals surface area contributed by atoms with Gasteiger partial charge in [-0.15, -0.1) is 0 Å². The lowest BCUT2D eigenvalue weighted by molar-refractivity contribution is -0.134. The first-order valence-corrected chi connectivity index (χ1v) is 17.8. The molecule has 47 heavy (non-hydrogen) atoms. The van der Waals surface area contributed by atoms with Gasteiger partial charge in [-0.2, -0.15) is 0 Å². The number of piperazine rings is 2. The molecule has 0 aliphatic carbocycles. The van der Waals surface area contributed by atoms with E-state index < -0.39 is 16.1 Å². The Labute approximate surface area is 277 Å². The van der Waals surface area contributed by atoms with Crippen LogP contribution >= 0.6 is 0 Å². The second-order valence-electron chi connectivity index (χ2n) is 13.3. The number of nitrogens with one attached hydrogen (secondary N) is 3. The number of methoxy groups -OCH3 is 1. The molecule has 0 bridgehead atoms. The summed E-state index contributed by atoms with van der Waals surface area (Å²) >= 11 is 0. The normalized spacial score (nSPS) is 16.7. The van der Waals surface area contributed by atoms with Gasteiger partial charge in [0.25, 0.3) is 0 Å². The van der Waals surface area contributed by atoms with Crippen LogP contribution in [0.4, 0.5) is 16.2 Å². The minimum Gasteiger partial charge on any atom is -0.492 e. The van der Waals surface area contributed by atoms with Gasteiger partial charge in [0.2, 0.25) is 21.8 Å². The van der Waals surface area contributed by atoms with Crippen LogP contribution in [0, 0.1) is 0 Å². The van der Waals surface area contributed by atoms with E-state index >= 15 is 0 Å². The highest BCUT2D eigenvalue weighted by molar-refractivity contribution is 7.92. The molecule has 0 unspecified atom stereocenters. The number of benzene rings is 2. The number of aromatic nitrogens is 1. The van der Waals surface area contributed by atoms with E-state index in [1.807, 2.05) is 55.5 Å². The molecule has 2 amide bonds. The second-order valence-corrected chi connectivity index (χ2v) is 15.1. The molecule has 14 heteroatoms. The third kappa shape index (κ3) is 8.55. The number of anilines is 2. The van der Waals surface area contributed by atoms with Crippen LogP contribution in [0.2, 0.25) is 0 Å². The molecule has 2 fully saturated rings. The van der Waals surface area contributed by atoms with Crippen LogP contribution in [0.15, 0.2) is 36.4 Å². The number of amides is 2. The number of carbonyl (C=O) groups is 2. The highest BCUT2D eigenvalue weighted by Crippen LogP contribution is 2.39. The van der Waals surface area contributed by atoms with Gasteiger partial charge in [-0.1, -0.05) is 39.0 Å². The van der Waals surface area contributed by atoms with Gasteiger partial charge in [0.05, 0.1) is 36.8 Å². The summed E-state index contributed by atoms with van der Waals surface area (Å²) in [6.45, 7) is 13.8. The average molecular weight is 670 g/mol. The lowest BCUT2D eigenvalue weighted by Gasteiger charge is -2.36. The Morgan fingerprint density at radius 1 is 0.957 bits per heavy atom. The van der Waals surface area contributed by atoms with Gasteiger partial charge in [-0.25, -0.2) is 13.2 Å². The van der Waals surface area contributed by atoms with Crippen molar-refractivity contribution in [2.45, 2.75) is 32.7 Å². The molecule has 5 rings (SSSR count). The maximum atomic E-state index is 13.3. The highest BCUT2D eigenvalue weighted by Gasteiger charge is 2.26. The highest BCUT2D eigenvalue weighted by atomic mass is 32.2. The largest absolute Gasteiger partial charge is 0.492 e. The van der Waals surface area contributed by atoms with Crippen LogP contribution in [0.1, 0.15) is 31.9 Å². The number of rotatable bonds is 9. The standard InChI is InChI=1S/C33H47N7O6S/c1-33(2,3)25-19-26(31(45-5)27(20-25)36-47(6,43)44)35-32(42)46-29-18-23-8-7-9-24(30(23)37(29)4)21-39-14-16-40(17-15-39)28(41)22-38-12-10-34-11-13-38/h7-9,18-20,34,36H,10-17,21-22H2,1-6H3,(H,35,42). The number of hydrogen-bond donors (Lipinski definition) is 3. The van der Waals surface area contributed by atoms with Gasteiger partial charge in [0.1, 0.15) is 0 Å². The Morgan fingerprint density at radius 2 is 1.64 bits per heavy atom. The quantitative estimate of drug-likeness (QED) is 0.314. The summed E-state index contributed by atoms with van der Waals surface area (Å²) in [5, 5.41) is 7.02. The van der Waals surface area contributed by atoms with Crippen LogP contribution in [0.3, 0.4) is 0 Å². The molecular formula is C33H47N7O6S. The third-order valence-corrected chi connectivity index (χ3v) is 9.26. The first kappa shape index (κ1) is 34.5. The summed E-state index contributed by atoms with van der Waals surface area (Å²) in [7, 11) is -0.348. The number of carbonyl (C=O) groups excluding carboxylic acids is 2. The van der Waals surface area contributed by atoms with Crippen molar-refractivity contribution in [1.82, 2.24) is 24.6 Å². The predicted octanol–water partition coefficient (Wildman–Crippen LogP) is 3.02. The van der Waals surface area contributed by atoms with Crippen LogP contribution in [-0.2, 0) is 33.8 Å². The molecule has 0 saturated carbocycles. The number of hydrogen-bond acceptors (Lipinski definition) is 9. The summed E-state index contributed by atoms with van der Waals surface area (Å²) in [6.07, 6.45) is 0.316. The molecule has 2 aliphatic rings. The minimum absolute atomic E-state index is 0.172. The SMILES string of the molecule is COc1c(NC(=O)Oc2cc3cccc(CN4CCN(C(=O)CN5CCNCC5)CC4)c3n2C)cc(C(C)(C)C)cc1NS(C)(=O)=O. The topological polar surface area (TPSA) is 137 Å². The summed E-state index contributed by atoms with van der Waals surface area (Å²) < 4.78 is 39.8. The maximum absolute atomic E-state index is 13.3. The molecule has 3 N–H and O–H groups in total. The first-order chi connectivity index (χ1) is 22.2. The van der Waals surface area contributed by atoms with Crippen molar-refractivity contribution >= 4 is 44.3 Å². The molecule has 13 nitrogen and oxygen atoms in total. The van der Waals surface area contributed by atoms with Gasteiger partial charge in [-0.05, 0) is 28.7 Å². The summed E-state index contributed by atoms with van der Waals surface area (Å²) in [4.78, 5) is 32.7. The molecule has 3 aromatic rings. The Bertz CT molecular complexity index is 1720. The lowest BCUT2D eigenvalue weighted by atomic mass is 9.86. The fourth-order valence-electron chi connectivity index (χ4n) is 6.14. The maximum Gasteiger partial charge on any atom is 0.418 e. The summed E-state index contributed by atoms with van der Waals surface area (Å²) in [6, 6.07) is 11.3.